The smallest absolute Gasteiger partial charge is 0.324 e. The fourth-order valence-electron chi connectivity index (χ4n) is 6.64. The molecular weight excluding hydrogens is 364 g/mol. The lowest BCUT2D eigenvalue weighted by Crippen LogP contribution is -2.41. The Morgan fingerprint density at radius 2 is 1.48 bits per heavy atom. The van der Waals surface area contributed by atoms with E-state index in [-0.39, 0.29) is 22.8 Å². The van der Waals surface area contributed by atoms with Gasteiger partial charge in [0.1, 0.15) is 0 Å². The molecule has 0 aromatic rings. The fourth-order valence-corrected chi connectivity index (χ4v) is 6.64. The van der Waals surface area contributed by atoms with Gasteiger partial charge in [0, 0.05) is 10.8 Å². The van der Waals surface area contributed by atoms with Gasteiger partial charge in [-0.2, -0.15) is 0 Å². The third kappa shape index (κ3) is 3.55. The molecule has 0 aliphatic heterocycles. The number of carbonyl (C=O) groups is 2. The van der Waals surface area contributed by atoms with Gasteiger partial charge < -0.3 is 9.47 Å². The first-order valence-corrected chi connectivity index (χ1v) is 11.8. The molecule has 2 saturated carbocycles. The molecule has 166 valence electrons. The summed E-state index contributed by atoms with van der Waals surface area (Å²) in [5.74, 6) is -0.0839. The van der Waals surface area contributed by atoms with Gasteiger partial charge in [-0.1, -0.05) is 58.6 Å². The van der Waals surface area contributed by atoms with Gasteiger partial charge in [-0.05, 0) is 58.3 Å². The first-order valence-electron chi connectivity index (χ1n) is 11.8. The Balaban J connectivity index is 2.07. The Morgan fingerprint density at radius 3 is 2.03 bits per heavy atom. The molecule has 0 N–H and O–H groups in total. The highest BCUT2D eigenvalue weighted by Gasteiger charge is 2.95. The predicted molar refractivity (Wildman–Crippen MR) is 116 cm³/mol. The Hall–Kier alpha value is -1.32. The van der Waals surface area contributed by atoms with Crippen molar-refractivity contribution in [1.29, 1.82) is 0 Å². The fraction of sp³-hybridized carbons (Fsp3) is 0.840. The van der Waals surface area contributed by atoms with Crippen LogP contribution in [-0.4, -0.2) is 25.2 Å². The van der Waals surface area contributed by atoms with Crippen molar-refractivity contribution in [3.05, 3.63) is 12.2 Å². The van der Waals surface area contributed by atoms with Crippen molar-refractivity contribution in [2.24, 2.45) is 28.1 Å². The molecule has 2 fully saturated rings. The van der Waals surface area contributed by atoms with E-state index in [4.69, 9.17) is 9.47 Å². The van der Waals surface area contributed by atoms with Crippen LogP contribution in [0.1, 0.15) is 92.9 Å². The van der Waals surface area contributed by atoms with Crippen molar-refractivity contribution in [3.63, 3.8) is 0 Å². The lowest BCUT2D eigenvalue weighted by atomic mass is 9.76. The number of ether oxygens (including phenoxy) is 2. The van der Waals surface area contributed by atoms with Crippen LogP contribution < -0.4 is 0 Å². The van der Waals surface area contributed by atoms with E-state index in [0.29, 0.717) is 25.0 Å². The van der Waals surface area contributed by atoms with Gasteiger partial charge in [0.2, 0.25) is 0 Å². The molecule has 0 heterocycles. The largest absolute Gasteiger partial charge is 0.465 e. The van der Waals surface area contributed by atoms with Gasteiger partial charge in [-0.3, -0.25) is 9.59 Å². The summed E-state index contributed by atoms with van der Waals surface area (Å²) in [5, 5.41) is 0. The number of allylic oxidation sites excluding steroid dienone is 2. The molecule has 4 heteroatoms. The zero-order valence-electron chi connectivity index (χ0n) is 19.5. The predicted octanol–water partition coefficient (Wildman–Crippen LogP) is 6.09. The quantitative estimate of drug-likeness (QED) is 0.170. The molecule has 4 nitrogen and oxygen atoms in total. The van der Waals surface area contributed by atoms with Gasteiger partial charge in [0.15, 0.2) is 5.41 Å². The third-order valence-electron chi connectivity index (χ3n) is 8.34. The lowest BCUT2D eigenvalue weighted by molar-refractivity contribution is -0.170. The topological polar surface area (TPSA) is 52.6 Å². The van der Waals surface area contributed by atoms with E-state index in [2.05, 4.69) is 39.8 Å². The molecule has 0 spiro atoms. The van der Waals surface area contributed by atoms with E-state index in [0.717, 1.165) is 19.3 Å². The second-order valence-electron chi connectivity index (χ2n) is 9.34. The molecule has 0 bridgehead atoms. The summed E-state index contributed by atoms with van der Waals surface area (Å²) in [6, 6.07) is 0. The van der Waals surface area contributed by atoms with Gasteiger partial charge in [-0.25, -0.2) is 0 Å². The summed E-state index contributed by atoms with van der Waals surface area (Å²) < 4.78 is 10.9. The van der Waals surface area contributed by atoms with Crippen molar-refractivity contribution >= 4 is 11.9 Å². The standard InChI is InChI=1S/C25H42O4/c1-7-10-11-12-13-14-15-16-17-20-18-19(4)23(5)24(20,6)25(23,21(26)28-8-2)22(27)29-9-3/h7,10,19-20H,8-9,11-18H2,1-6H3/b10-7-. The molecule has 4 unspecified atom stereocenters. The van der Waals surface area contributed by atoms with Crippen LogP contribution in [0.3, 0.4) is 0 Å². The Bertz CT molecular complexity index is 592. The molecule has 0 saturated heterocycles. The van der Waals surface area contributed by atoms with Crippen LogP contribution in [0.5, 0.6) is 0 Å². The number of carbonyl (C=O) groups excluding carboxylic acids is 2. The van der Waals surface area contributed by atoms with E-state index in [1.54, 1.807) is 13.8 Å². The van der Waals surface area contributed by atoms with Gasteiger partial charge in [0.25, 0.3) is 0 Å². The number of esters is 2. The van der Waals surface area contributed by atoms with Gasteiger partial charge in [0.05, 0.1) is 13.2 Å². The average Bonchev–Trinajstić information content (AvgIpc) is 3.08. The maximum Gasteiger partial charge on any atom is 0.324 e. The molecule has 0 amide bonds. The van der Waals surface area contributed by atoms with Crippen LogP contribution in [0.15, 0.2) is 12.2 Å². The van der Waals surface area contributed by atoms with E-state index < -0.39 is 5.41 Å². The van der Waals surface area contributed by atoms with Crippen LogP contribution >= 0.6 is 0 Å². The highest BCUT2D eigenvalue weighted by Crippen LogP contribution is 2.89. The number of hydrogen-bond acceptors (Lipinski definition) is 4. The molecule has 0 aromatic heterocycles. The molecular formula is C25H42O4. The minimum absolute atomic E-state index is 0.290. The molecule has 2 aliphatic rings. The van der Waals surface area contributed by atoms with Crippen molar-refractivity contribution < 1.29 is 19.1 Å². The average molecular weight is 407 g/mol. The molecule has 2 rings (SSSR count). The van der Waals surface area contributed by atoms with E-state index in [1.807, 2.05) is 0 Å². The summed E-state index contributed by atoms with van der Waals surface area (Å²) >= 11 is 0. The highest BCUT2D eigenvalue weighted by molar-refractivity contribution is 6.07. The van der Waals surface area contributed by atoms with Crippen LogP contribution in [0, 0.1) is 28.1 Å². The molecule has 29 heavy (non-hydrogen) atoms. The van der Waals surface area contributed by atoms with E-state index >= 15 is 0 Å². The zero-order chi connectivity index (χ0) is 21.7. The zero-order valence-corrected chi connectivity index (χ0v) is 19.5. The van der Waals surface area contributed by atoms with E-state index in [1.165, 1.54) is 32.1 Å². The minimum atomic E-state index is -1.14. The van der Waals surface area contributed by atoms with E-state index in [9.17, 15) is 9.59 Å². The first kappa shape index (κ1) is 24.0. The summed E-state index contributed by atoms with van der Waals surface area (Å²) in [6.45, 7) is 12.7. The molecule has 4 atom stereocenters. The Morgan fingerprint density at radius 1 is 0.931 bits per heavy atom. The van der Waals surface area contributed by atoms with Crippen LogP contribution in [0.2, 0.25) is 0 Å². The lowest BCUT2D eigenvalue weighted by Gasteiger charge is -2.29. The number of rotatable bonds is 12. The number of fused-ring (bicyclic) bond motifs is 1. The number of unbranched alkanes of at least 4 members (excludes halogenated alkanes) is 5. The first-order chi connectivity index (χ1) is 13.8. The van der Waals surface area contributed by atoms with Crippen molar-refractivity contribution in [1.82, 2.24) is 0 Å². The minimum Gasteiger partial charge on any atom is -0.465 e. The second kappa shape index (κ2) is 9.66. The maximum atomic E-state index is 13.1. The number of hydrogen-bond donors (Lipinski definition) is 0. The molecule has 2 aliphatic carbocycles. The van der Waals surface area contributed by atoms with Crippen molar-refractivity contribution in [2.75, 3.05) is 13.2 Å². The van der Waals surface area contributed by atoms with Crippen molar-refractivity contribution in [2.45, 2.75) is 92.9 Å². The summed E-state index contributed by atoms with van der Waals surface area (Å²) in [4.78, 5) is 26.3. The van der Waals surface area contributed by atoms with Crippen LogP contribution in [0.25, 0.3) is 0 Å². The Kier molecular flexibility index (Phi) is 7.98. The normalized spacial score (nSPS) is 32.2. The van der Waals surface area contributed by atoms with Gasteiger partial charge >= 0.3 is 11.9 Å². The monoisotopic (exact) mass is 406 g/mol. The van der Waals surface area contributed by atoms with Crippen LogP contribution in [-0.2, 0) is 19.1 Å². The van der Waals surface area contributed by atoms with Crippen molar-refractivity contribution in [3.8, 4) is 0 Å². The maximum absolute atomic E-state index is 13.1. The SMILES string of the molecule is C/C=C\CCCCCCCC1CC(C)C2(C)C(C(=O)OCC)(C(=O)OCC)C12C. The summed E-state index contributed by atoms with van der Waals surface area (Å²) in [6.07, 6.45) is 13.9. The summed E-state index contributed by atoms with van der Waals surface area (Å²) in [5.41, 5.74) is -1.89. The highest BCUT2D eigenvalue weighted by atomic mass is 16.6. The molecule has 0 aromatic carbocycles. The molecule has 0 radical (unpaired) electrons. The van der Waals surface area contributed by atoms with Gasteiger partial charge in [-0.15, -0.1) is 0 Å². The Labute approximate surface area is 177 Å². The second-order valence-corrected chi connectivity index (χ2v) is 9.34. The van der Waals surface area contributed by atoms with Crippen LogP contribution in [0.4, 0.5) is 0 Å². The third-order valence-corrected chi connectivity index (χ3v) is 8.34. The summed E-state index contributed by atoms with van der Waals surface area (Å²) in [7, 11) is 0.